The second-order valence-electron chi connectivity index (χ2n) is 5.40. The van der Waals surface area contributed by atoms with E-state index in [-0.39, 0.29) is 12.6 Å². The summed E-state index contributed by atoms with van der Waals surface area (Å²) < 4.78 is 11.0. The molecule has 0 saturated heterocycles. The summed E-state index contributed by atoms with van der Waals surface area (Å²) >= 11 is 0. The number of ether oxygens (including phenoxy) is 2. The zero-order valence-corrected chi connectivity index (χ0v) is 13.8. The second-order valence-corrected chi connectivity index (χ2v) is 5.40. The van der Waals surface area contributed by atoms with Crippen molar-refractivity contribution >= 4 is 16.9 Å². The van der Waals surface area contributed by atoms with Gasteiger partial charge in [0.25, 0.3) is 0 Å². The predicted molar refractivity (Wildman–Crippen MR) is 93.2 cm³/mol. The van der Waals surface area contributed by atoms with Gasteiger partial charge in [-0.25, -0.2) is 9.78 Å². The van der Waals surface area contributed by atoms with Gasteiger partial charge in [-0.05, 0) is 37.6 Å². The monoisotopic (exact) mass is 321 g/mol. The topological polar surface area (TPSA) is 48.4 Å². The molecule has 0 aliphatic rings. The Kier molecular flexibility index (Phi) is 4.75. The molecule has 0 aliphatic heterocycles. The molecule has 122 valence electrons. The van der Waals surface area contributed by atoms with Gasteiger partial charge in [0.2, 0.25) is 0 Å². The van der Waals surface area contributed by atoms with Gasteiger partial charge in [-0.3, -0.25) is 0 Å². The standard InChI is InChI=1S/C20H19NO3/c1-3-23-20(22)19-14(2)16-11-7-8-12-17(16)21-18(19)13-24-15-9-5-4-6-10-15/h4-12H,3,13H2,1-2H3. The molecule has 0 atom stereocenters. The van der Waals surface area contributed by atoms with Crippen LogP contribution in [0.5, 0.6) is 5.75 Å². The van der Waals surface area contributed by atoms with Crippen molar-refractivity contribution in [2.24, 2.45) is 0 Å². The van der Waals surface area contributed by atoms with Gasteiger partial charge >= 0.3 is 5.97 Å². The summed E-state index contributed by atoms with van der Waals surface area (Å²) in [6.45, 7) is 4.25. The van der Waals surface area contributed by atoms with Crippen molar-refractivity contribution in [1.82, 2.24) is 4.98 Å². The number of esters is 1. The fourth-order valence-corrected chi connectivity index (χ4v) is 2.69. The zero-order valence-electron chi connectivity index (χ0n) is 13.8. The molecule has 0 aliphatic carbocycles. The van der Waals surface area contributed by atoms with Gasteiger partial charge in [0.15, 0.2) is 0 Å². The molecule has 0 spiro atoms. The number of hydrogen-bond acceptors (Lipinski definition) is 4. The van der Waals surface area contributed by atoms with Crippen molar-refractivity contribution in [3.05, 3.63) is 71.4 Å². The van der Waals surface area contributed by atoms with E-state index in [0.717, 1.165) is 22.2 Å². The van der Waals surface area contributed by atoms with Gasteiger partial charge in [-0.1, -0.05) is 36.4 Å². The number of pyridine rings is 1. The number of carbonyl (C=O) groups is 1. The number of aryl methyl sites for hydroxylation is 1. The summed E-state index contributed by atoms with van der Waals surface area (Å²) in [4.78, 5) is 17.1. The largest absolute Gasteiger partial charge is 0.487 e. The highest BCUT2D eigenvalue weighted by molar-refractivity contribution is 5.98. The first kappa shape index (κ1) is 16.0. The second kappa shape index (κ2) is 7.13. The van der Waals surface area contributed by atoms with E-state index >= 15 is 0 Å². The highest BCUT2D eigenvalue weighted by Gasteiger charge is 2.20. The van der Waals surface area contributed by atoms with E-state index in [1.165, 1.54) is 0 Å². The Morgan fingerprint density at radius 3 is 2.50 bits per heavy atom. The Hall–Kier alpha value is -2.88. The minimum atomic E-state index is -0.361. The van der Waals surface area contributed by atoms with Crippen molar-refractivity contribution in [2.75, 3.05) is 6.61 Å². The molecule has 3 aromatic rings. The van der Waals surface area contributed by atoms with E-state index in [0.29, 0.717) is 17.9 Å². The van der Waals surface area contributed by atoms with Crippen molar-refractivity contribution < 1.29 is 14.3 Å². The SMILES string of the molecule is CCOC(=O)c1c(COc2ccccc2)nc2ccccc2c1C. The number of fused-ring (bicyclic) bond motifs is 1. The molecule has 4 heteroatoms. The highest BCUT2D eigenvalue weighted by Crippen LogP contribution is 2.24. The minimum absolute atomic E-state index is 0.212. The van der Waals surface area contributed by atoms with Crippen LogP contribution in [0.2, 0.25) is 0 Å². The number of para-hydroxylation sites is 2. The fraction of sp³-hybridized carbons (Fsp3) is 0.200. The first-order chi connectivity index (χ1) is 11.7. The molecule has 0 N–H and O–H groups in total. The van der Waals surface area contributed by atoms with Crippen LogP contribution in [-0.4, -0.2) is 17.6 Å². The van der Waals surface area contributed by atoms with Crippen molar-refractivity contribution in [2.45, 2.75) is 20.5 Å². The number of aromatic nitrogens is 1. The molecule has 1 heterocycles. The third kappa shape index (κ3) is 3.23. The summed E-state index contributed by atoms with van der Waals surface area (Å²) in [5.74, 6) is 0.375. The van der Waals surface area contributed by atoms with Crippen LogP contribution in [0.1, 0.15) is 28.5 Å². The van der Waals surface area contributed by atoms with Crippen molar-refractivity contribution in [3.8, 4) is 5.75 Å². The van der Waals surface area contributed by atoms with Gasteiger partial charge in [0.1, 0.15) is 12.4 Å². The lowest BCUT2D eigenvalue weighted by molar-refractivity contribution is 0.0522. The van der Waals surface area contributed by atoms with Crippen LogP contribution < -0.4 is 4.74 Å². The van der Waals surface area contributed by atoms with E-state index in [1.54, 1.807) is 6.92 Å². The molecular weight excluding hydrogens is 302 g/mol. The molecule has 0 bridgehead atoms. The quantitative estimate of drug-likeness (QED) is 0.657. The summed E-state index contributed by atoms with van der Waals surface area (Å²) in [6.07, 6.45) is 0. The molecule has 0 unspecified atom stereocenters. The molecule has 4 nitrogen and oxygen atoms in total. The van der Waals surface area contributed by atoms with Gasteiger partial charge in [-0.15, -0.1) is 0 Å². The fourth-order valence-electron chi connectivity index (χ4n) is 2.69. The summed E-state index contributed by atoms with van der Waals surface area (Å²) in [6, 6.07) is 17.2. The van der Waals surface area contributed by atoms with Crippen LogP contribution >= 0.6 is 0 Å². The normalized spacial score (nSPS) is 10.6. The Morgan fingerprint density at radius 2 is 1.75 bits per heavy atom. The lowest BCUT2D eigenvalue weighted by atomic mass is 10.0. The average molecular weight is 321 g/mol. The molecule has 0 saturated carbocycles. The van der Waals surface area contributed by atoms with E-state index in [1.807, 2.05) is 61.5 Å². The maximum Gasteiger partial charge on any atom is 0.340 e. The Labute approximate surface area is 141 Å². The first-order valence-electron chi connectivity index (χ1n) is 7.94. The van der Waals surface area contributed by atoms with Crippen LogP contribution in [0, 0.1) is 6.92 Å². The molecule has 0 amide bonds. The van der Waals surface area contributed by atoms with E-state index < -0.39 is 0 Å². The lowest BCUT2D eigenvalue weighted by Crippen LogP contribution is -2.14. The number of carbonyl (C=O) groups excluding carboxylic acids is 1. The van der Waals surface area contributed by atoms with Gasteiger partial charge in [0.05, 0.1) is 23.4 Å². The van der Waals surface area contributed by atoms with Crippen LogP contribution in [0.4, 0.5) is 0 Å². The maximum atomic E-state index is 12.4. The van der Waals surface area contributed by atoms with Crippen LogP contribution in [0.3, 0.4) is 0 Å². The van der Waals surface area contributed by atoms with Crippen LogP contribution in [0.25, 0.3) is 10.9 Å². The molecule has 0 radical (unpaired) electrons. The average Bonchev–Trinajstić information content (AvgIpc) is 2.61. The van der Waals surface area contributed by atoms with Crippen molar-refractivity contribution in [1.29, 1.82) is 0 Å². The van der Waals surface area contributed by atoms with Gasteiger partial charge in [0, 0.05) is 5.39 Å². The molecule has 3 rings (SSSR count). The van der Waals surface area contributed by atoms with E-state index in [9.17, 15) is 4.79 Å². The number of nitrogens with zero attached hydrogens (tertiary/aromatic N) is 1. The number of rotatable bonds is 5. The number of hydrogen-bond donors (Lipinski definition) is 0. The Balaban J connectivity index is 2.03. The molecule has 2 aromatic carbocycles. The smallest absolute Gasteiger partial charge is 0.340 e. The molecule has 0 fully saturated rings. The zero-order chi connectivity index (χ0) is 16.9. The third-order valence-corrected chi connectivity index (χ3v) is 3.83. The lowest BCUT2D eigenvalue weighted by Gasteiger charge is -2.14. The first-order valence-corrected chi connectivity index (χ1v) is 7.94. The Bertz CT molecular complexity index is 859. The van der Waals surface area contributed by atoms with Crippen LogP contribution in [0.15, 0.2) is 54.6 Å². The van der Waals surface area contributed by atoms with Gasteiger partial charge < -0.3 is 9.47 Å². The van der Waals surface area contributed by atoms with E-state index in [4.69, 9.17) is 9.47 Å². The Morgan fingerprint density at radius 1 is 1.04 bits per heavy atom. The summed E-state index contributed by atoms with van der Waals surface area (Å²) in [5, 5.41) is 0.948. The van der Waals surface area contributed by atoms with Crippen molar-refractivity contribution in [3.63, 3.8) is 0 Å². The summed E-state index contributed by atoms with van der Waals surface area (Å²) in [7, 11) is 0. The number of benzene rings is 2. The molecule has 24 heavy (non-hydrogen) atoms. The summed E-state index contributed by atoms with van der Waals surface area (Å²) in [5.41, 5.74) is 2.79. The van der Waals surface area contributed by atoms with Crippen LogP contribution in [-0.2, 0) is 11.3 Å². The third-order valence-electron chi connectivity index (χ3n) is 3.83. The maximum absolute atomic E-state index is 12.4. The van der Waals surface area contributed by atoms with E-state index in [2.05, 4.69) is 4.98 Å². The minimum Gasteiger partial charge on any atom is -0.487 e. The predicted octanol–water partition coefficient (Wildman–Crippen LogP) is 4.30. The molecular formula is C20H19NO3. The molecule has 1 aromatic heterocycles. The highest BCUT2D eigenvalue weighted by atomic mass is 16.5. The van der Waals surface area contributed by atoms with Gasteiger partial charge in [-0.2, -0.15) is 0 Å².